The molecule has 0 N–H and O–H groups in total. The van der Waals surface area contributed by atoms with Crippen LogP contribution in [0, 0.1) is 0 Å². The first kappa shape index (κ1) is 27.5. The summed E-state index contributed by atoms with van der Waals surface area (Å²) in [5.41, 5.74) is 9.89. The Hall–Kier alpha value is -6.65. The minimum atomic E-state index is 0.622. The Morgan fingerprint density at radius 3 is 1.86 bits per heavy atom. The standard InChI is InChI=1S/C45H28N2O2/c1-3-11-29(12-4-1)30-19-22-33(23-20-30)47(34-24-26-42-38(28-34)36-16-9-10-18-41(36)48-42)40-27-32-21-25-39-44(43(32)37-17-8-7-15-35(37)40)49-45(46-39)31-13-5-2-6-14-31/h1-28H. The van der Waals surface area contributed by atoms with Crippen molar-refractivity contribution in [1.82, 2.24) is 4.98 Å². The number of hydrogen-bond acceptors (Lipinski definition) is 4. The third-order valence-corrected chi connectivity index (χ3v) is 9.47. The van der Waals surface area contributed by atoms with Crippen molar-refractivity contribution in [2.45, 2.75) is 0 Å². The molecule has 2 heterocycles. The number of nitrogens with zero attached hydrogens (tertiary/aromatic N) is 2. The summed E-state index contributed by atoms with van der Waals surface area (Å²) in [5, 5.41) is 6.55. The molecular formula is C45H28N2O2. The van der Waals surface area contributed by atoms with Crippen LogP contribution in [-0.2, 0) is 0 Å². The van der Waals surface area contributed by atoms with Crippen molar-refractivity contribution in [1.29, 1.82) is 0 Å². The van der Waals surface area contributed by atoms with E-state index >= 15 is 0 Å². The van der Waals surface area contributed by atoms with E-state index in [9.17, 15) is 0 Å². The minimum absolute atomic E-state index is 0.622. The van der Waals surface area contributed by atoms with E-state index < -0.39 is 0 Å². The van der Waals surface area contributed by atoms with Crippen molar-refractivity contribution in [3.63, 3.8) is 0 Å². The Labute approximate surface area is 282 Å². The maximum Gasteiger partial charge on any atom is 0.227 e. The first-order valence-corrected chi connectivity index (χ1v) is 16.5. The predicted molar refractivity (Wildman–Crippen MR) is 202 cm³/mol. The second kappa shape index (κ2) is 11.0. The number of benzene rings is 8. The molecule has 0 aliphatic heterocycles. The van der Waals surface area contributed by atoms with Crippen molar-refractivity contribution < 1.29 is 8.83 Å². The summed E-state index contributed by atoms with van der Waals surface area (Å²) in [7, 11) is 0. The lowest BCUT2D eigenvalue weighted by molar-refractivity contribution is 0.623. The van der Waals surface area contributed by atoms with Gasteiger partial charge in [-0.2, -0.15) is 0 Å². The van der Waals surface area contributed by atoms with Gasteiger partial charge >= 0.3 is 0 Å². The van der Waals surface area contributed by atoms with Gasteiger partial charge < -0.3 is 13.7 Å². The number of oxazole rings is 1. The lowest BCUT2D eigenvalue weighted by Gasteiger charge is -2.28. The zero-order valence-corrected chi connectivity index (χ0v) is 26.4. The zero-order valence-electron chi connectivity index (χ0n) is 26.4. The highest BCUT2D eigenvalue weighted by molar-refractivity contribution is 6.22. The molecule has 10 rings (SSSR count). The highest BCUT2D eigenvalue weighted by Gasteiger charge is 2.21. The van der Waals surface area contributed by atoms with Crippen LogP contribution < -0.4 is 4.90 Å². The fraction of sp³-hybridized carbons (Fsp3) is 0. The molecule has 0 spiro atoms. The fourth-order valence-electron chi connectivity index (χ4n) is 7.16. The van der Waals surface area contributed by atoms with Crippen LogP contribution >= 0.6 is 0 Å². The molecule has 0 atom stereocenters. The smallest absolute Gasteiger partial charge is 0.227 e. The zero-order chi connectivity index (χ0) is 32.3. The van der Waals surface area contributed by atoms with Gasteiger partial charge in [0.15, 0.2) is 5.58 Å². The monoisotopic (exact) mass is 628 g/mol. The molecule has 0 saturated carbocycles. The van der Waals surface area contributed by atoms with Crippen molar-refractivity contribution in [3.8, 4) is 22.6 Å². The van der Waals surface area contributed by atoms with Crippen LogP contribution in [0.1, 0.15) is 0 Å². The van der Waals surface area contributed by atoms with Crippen LogP contribution in [0.2, 0.25) is 0 Å². The molecule has 4 nitrogen and oxygen atoms in total. The number of furan rings is 1. The first-order valence-electron chi connectivity index (χ1n) is 16.5. The number of hydrogen-bond donors (Lipinski definition) is 0. The summed E-state index contributed by atoms with van der Waals surface area (Å²) in [4.78, 5) is 7.25. The van der Waals surface area contributed by atoms with E-state index in [-0.39, 0.29) is 0 Å². The van der Waals surface area contributed by atoms with Gasteiger partial charge in [-0.3, -0.25) is 0 Å². The Balaban J connectivity index is 1.22. The molecule has 0 aliphatic carbocycles. The fourth-order valence-corrected chi connectivity index (χ4v) is 7.16. The molecule has 10 aromatic rings. The van der Waals surface area contributed by atoms with Crippen LogP contribution in [0.15, 0.2) is 179 Å². The molecule has 0 bridgehead atoms. The first-order chi connectivity index (χ1) is 24.3. The largest absolute Gasteiger partial charge is 0.456 e. The van der Waals surface area contributed by atoms with Gasteiger partial charge in [0.2, 0.25) is 5.89 Å². The Morgan fingerprint density at radius 2 is 1.06 bits per heavy atom. The predicted octanol–water partition coefficient (Wildman–Crippen LogP) is 12.8. The highest BCUT2D eigenvalue weighted by Crippen LogP contribution is 2.45. The van der Waals surface area contributed by atoms with Crippen LogP contribution in [0.25, 0.3) is 77.2 Å². The molecule has 2 aromatic heterocycles. The Kier molecular flexibility index (Phi) is 6.15. The highest BCUT2D eigenvalue weighted by atomic mass is 16.3. The maximum atomic E-state index is 6.55. The molecule has 0 amide bonds. The van der Waals surface area contributed by atoms with Crippen LogP contribution in [0.5, 0.6) is 0 Å². The molecule has 0 fully saturated rings. The summed E-state index contributed by atoms with van der Waals surface area (Å²) in [6.07, 6.45) is 0. The Bertz CT molecular complexity index is 2820. The summed E-state index contributed by atoms with van der Waals surface area (Å²) >= 11 is 0. The van der Waals surface area contributed by atoms with Crippen molar-refractivity contribution in [2.75, 3.05) is 4.90 Å². The average molecular weight is 629 g/mol. The van der Waals surface area contributed by atoms with Crippen molar-refractivity contribution in [3.05, 3.63) is 170 Å². The van der Waals surface area contributed by atoms with E-state index in [4.69, 9.17) is 13.8 Å². The summed E-state index contributed by atoms with van der Waals surface area (Å²) in [5.74, 6) is 0.622. The topological polar surface area (TPSA) is 42.4 Å². The van der Waals surface area contributed by atoms with Gasteiger partial charge in [0.05, 0.1) is 5.69 Å². The minimum Gasteiger partial charge on any atom is -0.456 e. The molecule has 0 aliphatic rings. The van der Waals surface area contributed by atoms with E-state index in [2.05, 4.69) is 132 Å². The lowest BCUT2D eigenvalue weighted by Crippen LogP contribution is -2.10. The number of rotatable bonds is 5. The van der Waals surface area contributed by atoms with E-state index in [0.29, 0.717) is 5.89 Å². The maximum absolute atomic E-state index is 6.55. The molecule has 0 saturated heterocycles. The van der Waals surface area contributed by atoms with E-state index in [1.54, 1.807) is 0 Å². The van der Waals surface area contributed by atoms with Crippen molar-refractivity contribution in [2.24, 2.45) is 0 Å². The Morgan fingerprint density at radius 1 is 0.429 bits per heavy atom. The van der Waals surface area contributed by atoms with Crippen LogP contribution in [-0.4, -0.2) is 4.98 Å². The third kappa shape index (κ3) is 4.49. The molecule has 8 aromatic carbocycles. The van der Waals surface area contributed by atoms with Gasteiger partial charge in [0, 0.05) is 38.5 Å². The van der Waals surface area contributed by atoms with Gasteiger partial charge in [-0.25, -0.2) is 4.98 Å². The number of aromatic nitrogens is 1. The molecule has 49 heavy (non-hydrogen) atoms. The van der Waals surface area contributed by atoms with E-state index in [1.807, 2.05) is 42.5 Å². The quantitative estimate of drug-likeness (QED) is 0.178. The van der Waals surface area contributed by atoms with Crippen LogP contribution in [0.3, 0.4) is 0 Å². The molecule has 0 unspecified atom stereocenters. The van der Waals surface area contributed by atoms with Gasteiger partial charge in [0.1, 0.15) is 16.7 Å². The second-order valence-corrected chi connectivity index (χ2v) is 12.4. The van der Waals surface area contributed by atoms with Gasteiger partial charge in [-0.05, 0) is 82.6 Å². The van der Waals surface area contributed by atoms with Gasteiger partial charge in [-0.15, -0.1) is 0 Å². The van der Waals surface area contributed by atoms with E-state index in [1.165, 1.54) is 11.1 Å². The average Bonchev–Trinajstić information content (AvgIpc) is 3.78. The van der Waals surface area contributed by atoms with Gasteiger partial charge in [-0.1, -0.05) is 109 Å². The molecule has 230 valence electrons. The second-order valence-electron chi connectivity index (χ2n) is 12.4. The normalized spacial score (nSPS) is 11.7. The third-order valence-electron chi connectivity index (χ3n) is 9.47. The molecule has 4 heteroatoms. The number of para-hydroxylation sites is 1. The lowest BCUT2D eigenvalue weighted by atomic mass is 9.98. The molecular weight excluding hydrogens is 601 g/mol. The van der Waals surface area contributed by atoms with Crippen molar-refractivity contribution >= 4 is 71.6 Å². The molecule has 0 radical (unpaired) electrons. The summed E-state index contributed by atoms with van der Waals surface area (Å²) in [6, 6.07) is 59.3. The number of fused-ring (bicyclic) bond motifs is 8. The summed E-state index contributed by atoms with van der Waals surface area (Å²) < 4.78 is 12.8. The van der Waals surface area contributed by atoms with E-state index in [0.717, 1.165) is 77.2 Å². The van der Waals surface area contributed by atoms with Crippen LogP contribution in [0.4, 0.5) is 17.1 Å². The number of anilines is 3. The SMILES string of the molecule is c1ccc(-c2ccc(N(c3ccc4oc5ccccc5c4c3)c3cc4ccc5nc(-c6ccccc6)oc5c4c4ccccc34)cc2)cc1. The summed E-state index contributed by atoms with van der Waals surface area (Å²) in [6.45, 7) is 0. The van der Waals surface area contributed by atoms with Gasteiger partial charge in [0.25, 0.3) is 0 Å².